The largest absolute Gasteiger partial charge is 0.355 e. The van der Waals surface area contributed by atoms with Crippen molar-refractivity contribution in [2.24, 2.45) is 5.73 Å². The van der Waals surface area contributed by atoms with Gasteiger partial charge in [-0.15, -0.1) is 0 Å². The van der Waals surface area contributed by atoms with Gasteiger partial charge in [-0.05, 0) is 19.4 Å². The molecule has 7 heteroatoms. The summed E-state index contributed by atoms with van der Waals surface area (Å²) < 4.78 is 30.3. The van der Waals surface area contributed by atoms with Gasteiger partial charge in [0.15, 0.2) is 5.25 Å². The number of hydrogen-bond acceptors (Lipinski definition) is 4. The fourth-order valence-corrected chi connectivity index (χ4v) is 1.72. The summed E-state index contributed by atoms with van der Waals surface area (Å²) in [4.78, 5) is 11.2. The van der Waals surface area contributed by atoms with Crippen molar-refractivity contribution in [1.82, 2.24) is 5.32 Å². The zero-order valence-electron chi connectivity index (χ0n) is 8.06. The quantitative estimate of drug-likeness (QED) is 0.507. The number of rotatable bonds is 6. The summed E-state index contributed by atoms with van der Waals surface area (Å²) >= 11 is 0. The Morgan fingerprint density at radius 3 is 2.50 bits per heavy atom. The van der Waals surface area contributed by atoms with Crippen LogP contribution in [0.15, 0.2) is 0 Å². The highest BCUT2D eigenvalue weighted by molar-refractivity contribution is 7.87. The third-order valence-corrected chi connectivity index (χ3v) is 2.80. The highest BCUT2D eigenvalue weighted by Crippen LogP contribution is 2.03. The van der Waals surface area contributed by atoms with Crippen molar-refractivity contribution < 1.29 is 17.8 Å². The minimum atomic E-state index is -4.35. The Balaban J connectivity index is 4.43. The summed E-state index contributed by atoms with van der Waals surface area (Å²) in [7, 11) is -4.35. The molecule has 0 saturated carbocycles. The van der Waals surface area contributed by atoms with Gasteiger partial charge in [0, 0.05) is 6.54 Å². The molecule has 0 rings (SSSR count). The molecule has 0 aliphatic carbocycles. The number of carbonyl (C=O) groups excluding carboxylic acids is 1. The van der Waals surface area contributed by atoms with Gasteiger partial charge in [0.25, 0.3) is 10.1 Å². The van der Waals surface area contributed by atoms with Crippen LogP contribution in [0.1, 0.15) is 19.8 Å². The second-order valence-electron chi connectivity index (χ2n) is 2.87. The van der Waals surface area contributed by atoms with Crippen LogP contribution in [0.4, 0.5) is 0 Å². The Morgan fingerprint density at radius 2 is 2.14 bits per heavy atom. The van der Waals surface area contributed by atoms with Gasteiger partial charge < -0.3 is 11.1 Å². The van der Waals surface area contributed by atoms with E-state index in [1.54, 1.807) is 0 Å². The minimum Gasteiger partial charge on any atom is -0.355 e. The topological polar surface area (TPSA) is 109 Å². The first-order valence-electron chi connectivity index (χ1n) is 4.37. The van der Waals surface area contributed by atoms with Crippen LogP contribution < -0.4 is 11.1 Å². The lowest BCUT2D eigenvalue weighted by molar-refractivity contribution is -0.120. The molecule has 0 saturated heterocycles. The van der Waals surface area contributed by atoms with E-state index < -0.39 is 21.3 Å². The number of hydrogen-bond donors (Lipinski definition) is 3. The lowest BCUT2D eigenvalue weighted by atomic mass is 10.3. The van der Waals surface area contributed by atoms with Crippen molar-refractivity contribution in [3.8, 4) is 0 Å². The summed E-state index contributed by atoms with van der Waals surface area (Å²) in [5.74, 6) is -0.695. The zero-order chi connectivity index (χ0) is 11.2. The Labute approximate surface area is 83.6 Å². The molecule has 84 valence electrons. The maximum absolute atomic E-state index is 11.2. The third kappa shape index (κ3) is 4.54. The first-order valence-corrected chi connectivity index (χ1v) is 5.87. The van der Waals surface area contributed by atoms with Gasteiger partial charge in [-0.1, -0.05) is 6.92 Å². The molecule has 0 heterocycles. The standard InChI is InChI=1S/C7H16N2O4S/c1-2-5-9-7(10)6(3-4-8)14(11,12)13/h6H,2-5,8H2,1H3,(H,9,10)(H,11,12,13). The van der Waals surface area contributed by atoms with Gasteiger partial charge in [-0.25, -0.2) is 0 Å². The van der Waals surface area contributed by atoms with Gasteiger partial charge in [0.1, 0.15) is 0 Å². The van der Waals surface area contributed by atoms with Crippen molar-refractivity contribution in [2.75, 3.05) is 13.1 Å². The van der Waals surface area contributed by atoms with E-state index in [0.29, 0.717) is 13.0 Å². The molecular weight excluding hydrogens is 208 g/mol. The molecule has 1 amide bonds. The van der Waals surface area contributed by atoms with Crippen LogP contribution >= 0.6 is 0 Å². The van der Waals surface area contributed by atoms with Crippen molar-refractivity contribution in [1.29, 1.82) is 0 Å². The van der Waals surface area contributed by atoms with Crippen LogP contribution in [-0.2, 0) is 14.9 Å². The predicted octanol–water partition coefficient (Wildman–Crippen LogP) is -0.882. The molecule has 0 aromatic heterocycles. The Morgan fingerprint density at radius 1 is 1.57 bits per heavy atom. The highest BCUT2D eigenvalue weighted by Gasteiger charge is 2.29. The molecule has 0 bridgehead atoms. The number of carbonyl (C=O) groups is 1. The normalized spacial score (nSPS) is 13.6. The van der Waals surface area contributed by atoms with Crippen LogP contribution in [0, 0.1) is 0 Å². The summed E-state index contributed by atoms with van der Waals surface area (Å²) in [6, 6.07) is 0. The van der Waals surface area contributed by atoms with E-state index in [4.69, 9.17) is 10.3 Å². The summed E-state index contributed by atoms with van der Waals surface area (Å²) in [6.45, 7) is 2.26. The average molecular weight is 224 g/mol. The van der Waals surface area contributed by atoms with E-state index in [1.807, 2.05) is 6.92 Å². The molecule has 14 heavy (non-hydrogen) atoms. The Kier molecular flexibility index (Phi) is 5.66. The Hall–Kier alpha value is -0.660. The second kappa shape index (κ2) is 5.94. The highest BCUT2D eigenvalue weighted by atomic mass is 32.2. The molecule has 0 spiro atoms. The minimum absolute atomic E-state index is 0.0317. The van der Waals surface area contributed by atoms with Crippen LogP contribution in [0.5, 0.6) is 0 Å². The lowest BCUT2D eigenvalue weighted by Gasteiger charge is -2.12. The van der Waals surface area contributed by atoms with Crippen molar-refractivity contribution in [3.63, 3.8) is 0 Å². The first kappa shape index (κ1) is 13.3. The van der Waals surface area contributed by atoms with E-state index in [1.165, 1.54) is 0 Å². The van der Waals surface area contributed by atoms with Crippen molar-refractivity contribution in [3.05, 3.63) is 0 Å². The molecule has 0 aromatic carbocycles. The van der Waals surface area contributed by atoms with Gasteiger partial charge in [0.05, 0.1) is 0 Å². The van der Waals surface area contributed by atoms with Crippen LogP contribution in [0.3, 0.4) is 0 Å². The molecule has 0 aliphatic heterocycles. The van der Waals surface area contributed by atoms with Gasteiger partial charge in [0.2, 0.25) is 5.91 Å². The number of amides is 1. The molecule has 4 N–H and O–H groups in total. The summed E-state index contributed by atoms with van der Waals surface area (Å²) in [5, 5.41) is 0.945. The molecular formula is C7H16N2O4S. The van der Waals surface area contributed by atoms with Crippen LogP contribution in [0.2, 0.25) is 0 Å². The molecule has 0 aromatic rings. The van der Waals surface area contributed by atoms with E-state index in [9.17, 15) is 13.2 Å². The number of nitrogens with one attached hydrogen (secondary N) is 1. The van der Waals surface area contributed by atoms with Crippen LogP contribution in [-0.4, -0.2) is 37.2 Å². The predicted molar refractivity (Wildman–Crippen MR) is 52.3 cm³/mol. The fourth-order valence-electron chi connectivity index (χ4n) is 0.929. The van der Waals surface area contributed by atoms with E-state index in [2.05, 4.69) is 5.32 Å². The molecule has 0 fully saturated rings. The molecule has 6 nitrogen and oxygen atoms in total. The molecule has 0 radical (unpaired) electrons. The maximum atomic E-state index is 11.2. The second-order valence-corrected chi connectivity index (χ2v) is 4.47. The SMILES string of the molecule is CCCNC(=O)C(CCN)S(=O)(=O)O. The van der Waals surface area contributed by atoms with E-state index >= 15 is 0 Å². The van der Waals surface area contributed by atoms with Gasteiger partial charge >= 0.3 is 0 Å². The van der Waals surface area contributed by atoms with Gasteiger partial charge in [-0.2, -0.15) is 8.42 Å². The Bertz CT molecular complexity index is 275. The van der Waals surface area contributed by atoms with Crippen molar-refractivity contribution >= 4 is 16.0 Å². The van der Waals surface area contributed by atoms with E-state index in [-0.39, 0.29) is 13.0 Å². The van der Waals surface area contributed by atoms with Crippen LogP contribution in [0.25, 0.3) is 0 Å². The number of nitrogens with two attached hydrogens (primary N) is 1. The maximum Gasteiger partial charge on any atom is 0.276 e. The smallest absolute Gasteiger partial charge is 0.276 e. The molecule has 1 unspecified atom stereocenters. The van der Waals surface area contributed by atoms with Gasteiger partial charge in [-0.3, -0.25) is 9.35 Å². The zero-order valence-corrected chi connectivity index (χ0v) is 8.88. The molecule has 0 aliphatic rings. The lowest BCUT2D eigenvalue weighted by Crippen LogP contribution is -2.41. The van der Waals surface area contributed by atoms with E-state index in [0.717, 1.165) is 0 Å². The average Bonchev–Trinajstić information content (AvgIpc) is 2.08. The summed E-state index contributed by atoms with van der Waals surface area (Å²) in [6.07, 6.45) is 0.626. The molecule has 1 atom stereocenters. The third-order valence-electron chi connectivity index (χ3n) is 1.63. The van der Waals surface area contributed by atoms with Crippen molar-refractivity contribution in [2.45, 2.75) is 25.0 Å². The summed E-state index contributed by atoms with van der Waals surface area (Å²) in [5.41, 5.74) is 5.14. The first-order chi connectivity index (χ1) is 6.43. The fraction of sp³-hybridized carbons (Fsp3) is 0.857. The monoisotopic (exact) mass is 224 g/mol.